The minimum Gasteiger partial charge on any atom is -0.394 e. The van der Waals surface area contributed by atoms with Crippen LogP contribution in [0, 0.1) is 0 Å². The Morgan fingerprint density at radius 1 is 0.917 bits per heavy atom. The summed E-state index contributed by atoms with van der Waals surface area (Å²) in [5.74, 6) is 0. The molecule has 0 heterocycles. The Morgan fingerprint density at radius 2 is 1.33 bits per heavy atom. The molecule has 0 aromatic rings. The zero-order chi connectivity index (χ0) is 9.72. The lowest BCUT2D eigenvalue weighted by molar-refractivity contribution is -0.128. The second-order valence-electron chi connectivity index (χ2n) is 2.47. The molecule has 0 amide bonds. The second-order valence-corrected chi connectivity index (χ2v) is 2.47. The molecular formula is C6H13O6. The van der Waals surface area contributed by atoms with Crippen LogP contribution in [0.2, 0.25) is 0 Å². The summed E-state index contributed by atoms with van der Waals surface area (Å²) >= 11 is 0. The summed E-state index contributed by atoms with van der Waals surface area (Å²) in [4.78, 5) is 0. The van der Waals surface area contributed by atoms with Crippen molar-refractivity contribution in [1.82, 2.24) is 0 Å². The Morgan fingerprint density at radius 3 is 1.67 bits per heavy atom. The van der Waals surface area contributed by atoms with Gasteiger partial charge in [0.25, 0.3) is 0 Å². The highest BCUT2D eigenvalue weighted by molar-refractivity contribution is 4.79. The molecule has 0 saturated carbocycles. The zero-order valence-electron chi connectivity index (χ0n) is 6.37. The fraction of sp³-hybridized carbons (Fsp3) is 1.00. The molecule has 6 nitrogen and oxygen atoms in total. The van der Waals surface area contributed by atoms with E-state index < -0.39 is 37.6 Å². The van der Waals surface area contributed by atoms with Gasteiger partial charge in [-0.05, 0) is 0 Å². The van der Waals surface area contributed by atoms with Crippen LogP contribution in [0.5, 0.6) is 0 Å². The molecule has 73 valence electrons. The number of aliphatic hydroxyl groups excluding tert-OH is 5. The fourth-order valence-electron chi connectivity index (χ4n) is 0.662. The van der Waals surface area contributed by atoms with Crippen LogP contribution in [0.4, 0.5) is 0 Å². The maximum atomic E-state index is 10.0. The summed E-state index contributed by atoms with van der Waals surface area (Å²) in [7, 11) is 0. The van der Waals surface area contributed by atoms with Crippen LogP contribution in [0.1, 0.15) is 0 Å². The third kappa shape index (κ3) is 3.02. The van der Waals surface area contributed by atoms with Crippen molar-refractivity contribution in [1.29, 1.82) is 0 Å². The molecule has 0 saturated heterocycles. The Kier molecular flexibility index (Phi) is 5.31. The van der Waals surface area contributed by atoms with Gasteiger partial charge in [-0.2, -0.15) is 0 Å². The molecule has 1 radical (unpaired) electrons. The van der Waals surface area contributed by atoms with Gasteiger partial charge in [-0.25, -0.2) is 5.11 Å². The maximum Gasteiger partial charge on any atom is 0.111 e. The van der Waals surface area contributed by atoms with Gasteiger partial charge in [0.1, 0.15) is 31.0 Å². The van der Waals surface area contributed by atoms with Gasteiger partial charge in [0.05, 0.1) is 6.61 Å². The SMILES string of the molecule is [O]C[C@H](O)[C@@H](O)[C@@H](O)[C@H](O)CO. The van der Waals surface area contributed by atoms with Crippen LogP contribution in [0.3, 0.4) is 0 Å². The molecule has 0 aliphatic rings. The van der Waals surface area contributed by atoms with Gasteiger partial charge in [0.2, 0.25) is 0 Å². The van der Waals surface area contributed by atoms with E-state index in [9.17, 15) is 5.11 Å². The highest BCUT2D eigenvalue weighted by atomic mass is 16.4. The molecule has 0 spiro atoms. The van der Waals surface area contributed by atoms with Crippen LogP contribution in [0.25, 0.3) is 0 Å². The Hall–Kier alpha value is -0.240. The first kappa shape index (κ1) is 11.8. The molecule has 0 bridgehead atoms. The Bertz CT molecular complexity index is 105. The first-order chi connectivity index (χ1) is 5.54. The summed E-state index contributed by atoms with van der Waals surface area (Å²) in [5, 5.41) is 53.7. The smallest absolute Gasteiger partial charge is 0.111 e. The third-order valence-electron chi connectivity index (χ3n) is 1.50. The highest BCUT2D eigenvalue weighted by Crippen LogP contribution is 2.04. The number of rotatable bonds is 5. The predicted octanol–water partition coefficient (Wildman–Crippen LogP) is -3.15. The van der Waals surface area contributed by atoms with Gasteiger partial charge >= 0.3 is 0 Å². The van der Waals surface area contributed by atoms with Crippen molar-refractivity contribution in [2.24, 2.45) is 0 Å². The van der Waals surface area contributed by atoms with E-state index in [2.05, 4.69) is 0 Å². The minimum atomic E-state index is -1.73. The molecule has 0 rings (SSSR count). The van der Waals surface area contributed by atoms with Crippen LogP contribution in [-0.4, -0.2) is 63.2 Å². The van der Waals surface area contributed by atoms with E-state index in [-0.39, 0.29) is 0 Å². The van der Waals surface area contributed by atoms with Crippen LogP contribution in [0.15, 0.2) is 0 Å². The van der Waals surface area contributed by atoms with Crippen LogP contribution < -0.4 is 0 Å². The highest BCUT2D eigenvalue weighted by Gasteiger charge is 2.29. The molecule has 0 unspecified atom stereocenters. The monoisotopic (exact) mass is 181 g/mol. The molecule has 0 aromatic heterocycles. The molecule has 0 aliphatic carbocycles. The van der Waals surface area contributed by atoms with E-state index in [1.165, 1.54) is 0 Å². The first-order valence-corrected chi connectivity index (χ1v) is 3.45. The number of hydrogen-bond donors (Lipinski definition) is 5. The zero-order valence-corrected chi connectivity index (χ0v) is 6.37. The molecule has 5 N–H and O–H groups in total. The molecule has 0 fully saturated rings. The van der Waals surface area contributed by atoms with E-state index in [0.717, 1.165) is 0 Å². The average Bonchev–Trinajstić information content (AvgIpc) is 2.12. The lowest BCUT2D eigenvalue weighted by atomic mass is 10.0. The van der Waals surface area contributed by atoms with Crippen molar-refractivity contribution in [2.45, 2.75) is 24.4 Å². The maximum absolute atomic E-state index is 10.0. The average molecular weight is 181 g/mol. The topological polar surface area (TPSA) is 121 Å². The van der Waals surface area contributed by atoms with Crippen molar-refractivity contribution in [3.8, 4) is 0 Å². The number of aliphatic hydroxyl groups is 5. The van der Waals surface area contributed by atoms with Crippen LogP contribution >= 0.6 is 0 Å². The van der Waals surface area contributed by atoms with Gasteiger partial charge in [0, 0.05) is 0 Å². The summed E-state index contributed by atoms with van der Waals surface area (Å²) in [6, 6.07) is 0. The molecule has 0 aliphatic heterocycles. The molecule has 4 atom stereocenters. The van der Waals surface area contributed by atoms with Gasteiger partial charge in [-0.3, -0.25) is 0 Å². The summed E-state index contributed by atoms with van der Waals surface area (Å²) < 4.78 is 0. The lowest BCUT2D eigenvalue weighted by Crippen LogP contribution is -2.46. The lowest BCUT2D eigenvalue weighted by Gasteiger charge is -2.23. The molecule has 0 aromatic carbocycles. The van der Waals surface area contributed by atoms with Crippen molar-refractivity contribution < 1.29 is 30.6 Å². The first-order valence-electron chi connectivity index (χ1n) is 3.45. The van der Waals surface area contributed by atoms with Crippen molar-refractivity contribution in [3.63, 3.8) is 0 Å². The van der Waals surface area contributed by atoms with E-state index >= 15 is 0 Å². The van der Waals surface area contributed by atoms with Crippen molar-refractivity contribution >= 4 is 0 Å². The van der Waals surface area contributed by atoms with E-state index in [4.69, 9.17) is 25.5 Å². The van der Waals surface area contributed by atoms with Crippen molar-refractivity contribution in [3.05, 3.63) is 0 Å². The summed E-state index contributed by atoms with van der Waals surface area (Å²) in [6.45, 7) is -1.72. The Labute approximate surface area is 69.3 Å². The predicted molar refractivity (Wildman–Crippen MR) is 36.7 cm³/mol. The summed E-state index contributed by atoms with van der Waals surface area (Å²) in [5.41, 5.74) is 0. The second kappa shape index (κ2) is 5.41. The number of hydrogen-bond acceptors (Lipinski definition) is 5. The van der Waals surface area contributed by atoms with E-state index in [0.29, 0.717) is 0 Å². The third-order valence-corrected chi connectivity index (χ3v) is 1.50. The summed E-state index contributed by atoms with van der Waals surface area (Å²) in [6.07, 6.45) is -6.63. The van der Waals surface area contributed by atoms with Crippen molar-refractivity contribution in [2.75, 3.05) is 13.2 Å². The van der Waals surface area contributed by atoms with Gasteiger partial charge in [-0.1, -0.05) is 0 Å². The van der Waals surface area contributed by atoms with Gasteiger partial charge in [0.15, 0.2) is 0 Å². The molecule has 12 heavy (non-hydrogen) atoms. The normalized spacial score (nSPS) is 21.5. The molecular weight excluding hydrogens is 168 g/mol. The van der Waals surface area contributed by atoms with Gasteiger partial charge in [-0.15, -0.1) is 0 Å². The molecule has 6 heteroatoms. The van der Waals surface area contributed by atoms with Crippen LogP contribution in [-0.2, 0) is 5.11 Å². The van der Waals surface area contributed by atoms with E-state index in [1.807, 2.05) is 0 Å². The quantitative estimate of drug-likeness (QED) is 0.307. The van der Waals surface area contributed by atoms with E-state index in [1.54, 1.807) is 0 Å². The standard InChI is InChI=1S/C6H13O6/c7-1-3(9)5(11)6(12)4(10)2-8/h3-7,9-12H,1-2H2/t3-,4+,5+,6-/m1/s1. The fourth-order valence-corrected chi connectivity index (χ4v) is 0.662. The van der Waals surface area contributed by atoms with Gasteiger partial charge < -0.3 is 25.5 Å². The minimum absolute atomic E-state index is 0.746. The Balaban J connectivity index is 3.99. The largest absolute Gasteiger partial charge is 0.394 e.